The average Bonchev–Trinajstić information content (AvgIpc) is 3.68. The van der Waals surface area contributed by atoms with Gasteiger partial charge >= 0.3 is 18.3 Å². The monoisotopic (exact) mass is 751 g/mol. The number of halogens is 7. The normalized spacial score (nSPS) is 23.9. The van der Waals surface area contributed by atoms with Gasteiger partial charge in [-0.25, -0.2) is 13.9 Å². The van der Waals surface area contributed by atoms with Gasteiger partial charge in [0.25, 0.3) is 0 Å². The summed E-state index contributed by atoms with van der Waals surface area (Å²) >= 11 is 0. The number of esters is 1. The zero-order valence-corrected chi connectivity index (χ0v) is 28.6. The van der Waals surface area contributed by atoms with Crippen molar-refractivity contribution in [2.75, 3.05) is 27.4 Å². The third-order valence-corrected chi connectivity index (χ3v) is 9.83. The molecule has 17 heteroatoms. The number of hydrogen-bond donors (Lipinski definition) is 0. The largest absolute Gasteiger partial charge is 0.467 e. The Morgan fingerprint density at radius 1 is 0.906 bits per heavy atom. The van der Waals surface area contributed by atoms with Crippen LogP contribution in [-0.2, 0) is 60.6 Å². The fraction of sp³-hybridized carbons (Fsp3) is 0.444. The molecule has 2 saturated heterocycles. The first-order chi connectivity index (χ1) is 25.2. The molecule has 3 aromatic carbocycles. The minimum absolute atomic E-state index is 0.0340. The van der Waals surface area contributed by atoms with E-state index < -0.39 is 64.5 Å². The number of tetrazole rings is 1. The summed E-state index contributed by atoms with van der Waals surface area (Å²) in [5, 5.41) is 11.8. The molecule has 2 fully saturated rings. The number of hydrogen-bond acceptors (Lipinski definition) is 9. The zero-order chi connectivity index (χ0) is 38.0. The molecule has 4 aromatic rings. The van der Waals surface area contributed by atoms with Gasteiger partial charge in [-0.15, -0.1) is 5.10 Å². The minimum atomic E-state index is -5.19. The quantitative estimate of drug-likeness (QED) is 0.0834. The van der Waals surface area contributed by atoms with Crippen LogP contribution in [0.5, 0.6) is 0 Å². The molecule has 53 heavy (non-hydrogen) atoms. The van der Waals surface area contributed by atoms with Crippen LogP contribution in [0.3, 0.4) is 0 Å². The highest BCUT2D eigenvalue weighted by Crippen LogP contribution is 2.61. The van der Waals surface area contributed by atoms with Gasteiger partial charge in [-0.2, -0.15) is 26.3 Å². The van der Waals surface area contributed by atoms with E-state index in [0.717, 1.165) is 12.7 Å². The number of piperidine rings is 1. The number of methoxy groups -OCH3 is 2. The molecule has 2 bridgehead atoms. The number of carbonyl (C=O) groups excluding carboxylic acids is 1. The van der Waals surface area contributed by atoms with E-state index in [1.807, 2.05) is 35.2 Å². The fourth-order valence-corrected chi connectivity index (χ4v) is 7.54. The molecule has 1 aromatic heterocycles. The lowest BCUT2D eigenvalue weighted by atomic mass is 9.77. The van der Waals surface area contributed by atoms with Crippen LogP contribution in [0.1, 0.15) is 59.0 Å². The minimum Gasteiger partial charge on any atom is -0.467 e. The van der Waals surface area contributed by atoms with E-state index in [1.165, 1.54) is 11.8 Å². The third kappa shape index (κ3) is 7.52. The van der Waals surface area contributed by atoms with Gasteiger partial charge in [0.2, 0.25) is 0 Å². The summed E-state index contributed by atoms with van der Waals surface area (Å²) in [6.07, 6.45) is -13.9. The van der Waals surface area contributed by atoms with Gasteiger partial charge in [0, 0.05) is 20.1 Å². The summed E-state index contributed by atoms with van der Waals surface area (Å²) in [6.45, 7) is 0.369. The van der Waals surface area contributed by atoms with E-state index in [0.29, 0.717) is 17.7 Å². The molecule has 0 aliphatic carbocycles. The van der Waals surface area contributed by atoms with Crippen molar-refractivity contribution in [3.8, 4) is 0 Å². The van der Waals surface area contributed by atoms with Gasteiger partial charge < -0.3 is 18.9 Å². The van der Waals surface area contributed by atoms with Crippen molar-refractivity contribution >= 4 is 5.97 Å². The lowest BCUT2D eigenvalue weighted by molar-refractivity contribution is -0.174. The van der Waals surface area contributed by atoms with E-state index >= 15 is 4.39 Å². The number of benzene rings is 3. The summed E-state index contributed by atoms with van der Waals surface area (Å²) < 4.78 is 125. The second-order valence-corrected chi connectivity index (χ2v) is 12.9. The molecule has 0 unspecified atom stereocenters. The van der Waals surface area contributed by atoms with Crippen LogP contribution in [0.4, 0.5) is 30.7 Å². The van der Waals surface area contributed by atoms with E-state index in [-0.39, 0.29) is 57.6 Å². The van der Waals surface area contributed by atoms with Crippen LogP contribution in [0.25, 0.3) is 0 Å². The highest BCUT2D eigenvalue weighted by atomic mass is 19.4. The lowest BCUT2D eigenvalue weighted by Gasteiger charge is -2.50. The molecular formula is C36H36F7N5O5. The van der Waals surface area contributed by atoms with Crippen molar-refractivity contribution in [1.29, 1.82) is 0 Å². The Bertz CT molecular complexity index is 1830. The van der Waals surface area contributed by atoms with Gasteiger partial charge in [0.15, 0.2) is 17.6 Å². The van der Waals surface area contributed by atoms with E-state index in [1.54, 1.807) is 30.3 Å². The van der Waals surface area contributed by atoms with E-state index in [9.17, 15) is 31.1 Å². The van der Waals surface area contributed by atoms with Crippen molar-refractivity contribution in [3.05, 3.63) is 113 Å². The Kier molecular flexibility index (Phi) is 10.9. The number of rotatable bonds is 13. The lowest BCUT2D eigenvalue weighted by Crippen LogP contribution is -2.57. The summed E-state index contributed by atoms with van der Waals surface area (Å²) in [4.78, 5) is 15.3. The number of ether oxygens (including phenoxy) is 4. The maximum Gasteiger partial charge on any atom is 0.416 e. The van der Waals surface area contributed by atoms with Crippen LogP contribution in [0, 0.1) is 0 Å². The smallest absolute Gasteiger partial charge is 0.416 e. The highest BCUT2D eigenvalue weighted by Gasteiger charge is 2.69. The van der Waals surface area contributed by atoms with Crippen molar-refractivity contribution in [1.82, 2.24) is 25.1 Å². The van der Waals surface area contributed by atoms with E-state index in [4.69, 9.17) is 18.9 Å². The average molecular weight is 752 g/mol. The number of fused-ring (bicyclic) bond motifs is 2. The molecule has 5 atom stereocenters. The summed E-state index contributed by atoms with van der Waals surface area (Å²) in [5.41, 5.74) is -6.43. The molecule has 6 rings (SSSR count). The molecule has 3 heterocycles. The Balaban J connectivity index is 1.51. The predicted molar refractivity (Wildman–Crippen MR) is 172 cm³/mol. The number of alkyl halides is 7. The van der Waals surface area contributed by atoms with Crippen LogP contribution >= 0.6 is 0 Å². The van der Waals surface area contributed by atoms with Crippen molar-refractivity contribution in [2.45, 2.75) is 74.3 Å². The van der Waals surface area contributed by atoms with Crippen molar-refractivity contribution in [2.24, 2.45) is 0 Å². The van der Waals surface area contributed by atoms with Gasteiger partial charge in [-0.3, -0.25) is 4.90 Å². The number of nitrogens with zero attached hydrogens (tertiary/aromatic N) is 5. The number of aromatic nitrogens is 4. The van der Waals surface area contributed by atoms with Crippen LogP contribution in [0.2, 0.25) is 0 Å². The van der Waals surface area contributed by atoms with E-state index in [2.05, 4.69) is 15.5 Å². The second-order valence-electron chi connectivity index (χ2n) is 12.9. The first-order valence-corrected chi connectivity index (χ1v) is 16.6. The zero-order valence-electron chi connectivity index (χ0n) is 28.6. The third-order valence-electron chi connectivity index (χ3n) is 9.83. The molecule has 284 valence electrons. The van der Waals surface area contributed by atoms with Crippen molar-refractivity contribution in [3.63, 3.8) is 0 Å². The Morgan fingerprint density at radius 2 is 1.55 bits per heavy atom. The van der Waals surface area contributed by atoms with Crippen molar-refractivity contribution < 1.29 is 54.5 Å². The molecule has 10 nitrogen and oxygen atoms in total. The maximum atomic E-state index is 18.3. The van der Waals surface area contributed by atoms with Crippen LogP contribution in [0.15, 0.2) is 78.9 Å². The van der Waals surface area contributed by atoms with Crippen LogP contribution < -0.4 is 0 Å². The molecule has 0 radical (unpaired) electrons. The first-order valence-electron chi connectivity index (χ1n) is 16.6. The van der Waals surface area contributed by atoms with Crippen LogP contribution in [-0.4, -0.2) is 70.7 Å². The molecular weight excluding hydrogens is 715 g/mol. The molecule has 0 amide bonds. The van der Waals surface area contributed by atoms with Gasteiger partial charge in [0.1, 0.15) is 6.73 Å². The molecule has 2 aliphatic rings. The summed E-state index contributed by atoms with van der Waals surface area (Å²) in [6, 6.07) is 17.7. The Morgan fingerprint density at radius 3 is 2.15 bits per heavy atom. The SMILES string of the molecule is COCCOCn1nnnc1[C@]1(F)C[C@@]2(c3ccccc3)[C@H](O[C@H](C(=O)OC)c3cc(C(F)(F)F)cc(C(F)(F)F)c3)CC[C@@H]1N2Cc1ccccc1. The molecule has 0 saturated carbocycles. The van der Waals surface area contributed by atoms with Gasteiger partial charge in [-0.05, 0) is 58.2 Å². The first kappa shape index (κ1) is 38.3. The maximum absolute atomic E-state index is 18.3. The predicted octanol–water partition coefficient (Wildman–Crippen LogP) is 6.76. The molecule has 0 spiro atoms. The highest BCUT2D eigenvalue weighted by molar-refractivity contribution is 5.76. The van der Waals surface area contributed by atoms with Gasteiger partial charge in [0.05, 0.1) is 49.1 Å². The fourth-order valence-electron chi connectivity index (χ4n) is 7.54. The summed E-state index contributed by atoms with van der Waals surface area (Å²) in [7, 11) is 2.44. The second kappa shape index (κ2) is 15.1. The molecule has 2 aliphatic heterocycles. The summed E-state index contributed by atoms with van der Waals surface area (Å²) in [5.74, 6) is -1.38. The molecule has 0 N–H and O–H groups in total. The van der Waals surface area contributed by atoms with Gasteiger partial charge in [-0.1, -0.05) is 60.7 Å². The number of carbonyl (C=O) groups is 1. The standard InChI is InChI=1S/C36H36F7N5O5/c1-50-15-16-52-22-48-32(44-45-46-48)33(37)21-34(25-11-7-4-8-12-25)29(14-13-28(33)47(34)20-23-9-5-3-6-10-23)53-30(31(49)51-2)24-17-26(35(38,39)40)19-27(18-24)36(41,42)43/h3-12,17-19,28-30H,13-16,20-22H2,1-2H3/t28-,29+,30-,33-,34+/m0/s1. The Hall–Kier alpha value is -4.45. The topological polar surface area (TPSA) is 101 Å². The Labute approximate surface area is 299 Å².